The van der Waals surface area contributed by atoms with Gasteiger partial charge in [0.2, 0.25) is 0 Å². The number of anilines is 1. The maximum absolute atomic E-state index is 13.3. The number of halogens is 2. The lowest BCUT2D eigenvalue weighted by atomic mass is 10.1. The third-order valence-corrected chi connectivity index (χ3v) is 3.88. The molecule has 0 saturated heterocycles. The first-order chi connectivity index (χ1) is 12.5. The second-order valence-corrected chi connectivity index (χ2v) is 5.80. The molecule has 134 valence electrons. The smallest absolute Gasteiger partial charge is 0.252 e. The number of nitrogens with one attached hydrogen (secondary N) is 3. The Hall–Kier alpha value is -3.22. The SMILES string of the molecule is C=C(C(=O)NCC)c1n[nH]c2ccc(NCc3cc(F)cc(F)c3)cc12. The number of likely N-dealkylation sites (N-methyl/N-ethyl adjacent to an activating group) is 1. The summed E-state index contributed by atoms with van der Waals surface area (Å²) in [6.07, 6.45) is 0. The van der Waals surface area contributed by atoms with Crippen LogP contribution < -0.4 is 10.6 Å². The zero-order chi connectivity index (χ0) is 18.7. The van der Waals surface area contributed by atoms with Crippen molar-refractivity contribution in [1.29, 1.82) is 0 Å². The van der Waals surface area contributed by atoms with Crippen molar-refractivity contribution < 1.29 is 13.6 Å². The lowest BCUT2D eigenvalue weighted by Crippen LogP contribution is -2.23. The molecule has 3 aromatic rings. The minimum Gasteiger partial charge on any atom is -0.381 e. The average Bonchev–Trinajstić information content (AvgIpc) is 3.02. The van der Waals surface area contributed by atoms with E-state index in [1.165, 1.54) is 12.1 Å². The second-order valence-electron chi connectivity index (χ2n) is 5.80. The van der Waals surface area contributed by atoms with Crippen molar-refractivity contribution in [3.63, 3.8) is 0 Å². The fraction of sp³-hybridized carbons (Fsp3) is 0.158. The molecule has 5 nitrogen and oxygen atoms in total. The molecule has 2 aromatic carbocycles. The number of carbonyl (C=O) groups excluding carboxylic acids is 1. The number of aromatic nitrogens is 2. The predicted octanol–water partition coefficient (Wildman–Crippen LogP) is 3.60. The summed E-state index contributed by atoms with van der Waals surface area (Å²) in [7, 11) is 0. The maximum Gasteiger partial charge on any atom is 0.252 e. The van der Waals surface area contributed by atoms with E-state index < -0.39 is 11.6 Å². The standard InChI is InChI=1S/C19H18F2N4O/c1-3-22-19(26)11(2)18-16-9-15(4-5-17(16)24-25-18)23-10-12-6-13(20)8-14(21)7-12/h4-9,23H,2-3,10H2,1H3,(H,22,26)(H,24,25). The number of carbonyl (C=O) groups is 1. The highest BCUT2D eigenvalue weighted by Crippen LogP contribution is 2.25. The Balaban J connectivity index is 1.83. The molecule has 0 radical (unpaired) electrons. The Morgan fingerprint density at radius 2 is 1.92 bits per heavy atom. The molecular formula is C19H18F2N4O. The molecule has 0 aliphatic heterocycles. The van der Waals surface area contributed by atoms with Gasteiger partial charge in [-0.3, -0.25) is 9.89 Å². The molecule has 7 heteroatoms. The first-order valence-electron chi connectivity index (χ1n) is 8.12. The van der Waals surface area contributed by atoms with E-state index in [1.807, 2.05) is 25.1 Å². The molecule has 0 aliphatic carbocycles. The highest BCUT2D eigenvalue weighted by molar-refractivity contribution is 6.21. The van der Waals surface area contributed by atoms with Crippen molar-refractivity contribution in [2.24, 2.45) is 0 Å². The van der Waals surface area contributed by atoms with Gasteiger partial charge in [-0.25, -0.2) is 8.78 Å². The first kappa shape index (κ1) is 17.6. The normalized spacial score (nSPS) is 10.7. The quantitative estimate of drug-likeness (QED) is 0.591. The Bertz CT molecular complexity index is 961. The molecule has 0 atom stereocenters. The van der Waals surface area contributed by atoms with Gasteiger partial charge < -0.3 is 10.6 Å². The molecule has 0 bridgehead atoms. The summed E-state index contributed by atoms with van der Waals surface area (Å²) in [5.74, 6) is -1.52. The van der Waals surface area contributed by atoms with Gasteiger partial charge in [-0.2, -0.15) is 5.10 Å². The number of rotatable bonds is 6. The van der Waals surface area contributed by atoms with Crippen LogP contribution in [0.3, 0.4) is 0 Å². The number of hydrogen-bond acceptors (Lipinski definition) is 3. The molecule has 1 amide bonds. The topological polar surface area (TPSA) is 69.8 Å². The van der Waals surface area contributed by atoms with Crippen molar-refractivity contribution in [1.82, 2.24) is 15.5 Å². The predicted molar refractivity (Wildman–Crippen MR) is 97.5 cm³/mol. The van der Waals surface area contributed by atoms with E-state index in [0.717, 1.165) is 22.7 Å². The fourth-order valence-corrected chi connectivity index (χ4v) is 2.65. The molecule has 26 heavy (non-hydrogen) atoms. The Labute approximate surface area is 149 Å². The second kappa shape index (κ2) is 7.35. The van der Waals surface area contributed by atoms with Crippen LogP contribution in [0.15, 0.2) is 43.0 Å². The number of hydrogen-bond donors (Lipinski definition) is 3. The van der Waals surface area contributed by atoms with Crippen molar-refractivity contribution in [2.45, 2.75) is 13.5 Å². The van der Waals surface area contributed by atoms with Gasteiger partial charge >= 0.3 is 0 Å². The summed E-state index contributed by atoms with van der Waals surface area (Å²) in [6, 6.07) is 8.82. The highest BCUT2D eigenvalue weighted by atomic mass is 19.1. The Morgan fingerprint density at radius 1 is 1.19 bits per heavy atom. The van der Waals surface area contributed by atoms with Crippen molar-refractivity contribution in [3.8, 4) is 0 Å². The molecule has 0 saturated carbocycles. The van der Waals surface area contributed by atoms with Crippen LogP contribution in [0.2, 0.25) is 0 Å². The summed E-state index contributed by atoms with van der Waals surface area (Å²) in [5, 5.41) is 13.6. The van der Waals surface area contributed by atoms with E-state index in [0.29, 0.717) is 17.8 Å². The summed E-state index contributed by atoms with van der Waals surface area (Å²) in [4.78, 5) is 12.0. The van der Waals surface area contributed by atoms with Gasteiger partial charge in [-0.1, -0.05) is 6.58 Å². The van der Waals surface area contributed by atoms with Crippen LogP contribution in [0.5, 0.6) is 0 Å². The number of amides is 1. The molecule has 0 spiro atoms. The lowest BCUT2D eigenvalue weighted by molar-refractivity contribution is -0.115. The lowest BCUT2D eigenvalue weighted by Gasteiger charge is -2.08. The van der Waals surface area contributed by atoms with Crippen molar-refractivity contribution in [2.75, 3.05) is 11.9 Å². The van der Waals surface area contributed by atoms with Gasteiger partial charge in [0.15, 0.2) is 0 Å². The number of aromatic amines is 1. The van der Waals surface area contributed by atoms with Crippen LogP contribution in [0.1, 0.15) is 18.2 Å². The number of benzene rings is 2. The van der Waals surface area contributed by atoms with E-state index in [-0.39, 0.29) is 18.0 Å². The molecule has 1 heterocycles. The third-order valence-electron chi connectivity index (χ3n) is 3.88. The van der Waals surface area contributed by atoms with E-state index in [1.54, 1.807) is 0 Å². The zero-order valence-electron chi connectivity index (χ0n) is 14.2. The minimum atomic E-state index is -0.618. The number of fused-ring (bicyclic) bond motifs is 1. The molecule has 1 aromatic heterocycles. The molecule has 0 fully saturated rings. The molecule has 3 rings (SSSR count). The van der Waals surface area contributed by atoms with Gasteiger partial charge in [-0.05, 0) is 42.8 Å². The summed E-state index contributed by atoms with van der Waals surface area (Å²) < 4.78 is 26.5. The van der Waals surface area contributed by atoms with E-state index >= 15 is 0 Å². The van der Waals surface area contributed by atoms with Gasteiger partial charge in [0.1, 0.15) is 17.3 Å². The van der Waals surface area contributed by atoms with Crippen molar-refractivity contribution >= 4 is 28.1 Å². The largest absolute Gasteiger partial charge is 0.381 e. The highest BCUT2D eigenvalue weighted by Gasteiger charge is 2.15. The monoisotopic (exact) mass is 356 g/mol. The van der Waals surface area contributed by atoms with Crippen LogP contribution in [0, 0.1) is 11.6 Å². The van der Waals surface area contributed by atoms with E-state index in [9.17, 15) is 13.6 Å². The Morgan fingerprint density at radius 3 is 2.62 bits per heavy atom. The van der Waals surface area contributed by atoms with E-state index in [2.05, 4.69) is 27.4 Å². The average molecular weight is 356 g/mol. The van der Waals surface area contributed by atoms with Gasteiger partial charge in [-0.15, -0.1) is 0 Å². The van der Waals surface area contributed by atoms with Crippen LogP contribution in [-0.2, 0) is 11.3 Å². The Kier molecular flexibility index (Phi) is 4.97. The minimum absolute atomic E-state index is 0.255. The number of nitrogens with zero attached hydrogens (tertiary/aromatic N) is 1. The molecule has 0 aliphatic rings. The van der Waals surface area contributed by atoms with Crippen LogP contribution in [0.25, 0.3) is 16.5 Å². The molecule has 3 N–H and O–H groups in total. The summed E-state index contributed by atoms with van der Waals surface area (Å²) in [5.41, 5.74) is 2.71. The van der Waals surface area contributed by atoms with Crippen molar-refractivity contribution in [3.05, 3.63) is 65.9 Å². The zero-order valence-corrected chi connectivity index (χ0v) is 14.2. The number of H-pyrrole nitrogens is 1. The van der Waals surface area contributed by atoms with E-state index in [4.69, 9.17) is 0 Å². The van der Waals surface area contributed by atoms with Gasteiger partial charge in [0.25, 0.3) is 5.91 Å². The third kappa shape index (κ3) is 3.72. The summed E-state index contributed by atoms with van der Waals surface area (Å²) in [6.45, 7) is 6.39. The first-order valence-corrected chi connectivity index (χ1v) is 8.12. The van der Waals surface area contributed by atoms with Crippen LogP contribution in [-0.4, -0.2) is 22.6 Å². The van der Waals surface area contributed by atoms with Gasteiger partial charge in [0.05, 0.1) is 11.1 Å². The van der Waals surface area contributed by atoms with Gasteiger partial charge in [0, 0.05) is 30.2 Å². The fourth-order valence-electron chi connectivity index (χ4n) is 2.65. The van der Waals surface area contributed by atoms with Crippen LogP contribution in [0.4, 0.5) is 14.5 Å². The summed E-state index contributed by atoms with van der Waals surface area (Å²) >= 11 is 0. The van der Waals surface area contributed by atoms with Crippen LogP contribution >= 0.6 is 0 Å². The molecular weight excluding hydrogens is 338 g/mol. The maximum atomic E-state index is 13.3. The molecule has 0 unspecified atom stereocenters.